The van der Waals surface area contributed by atoms with Crippen molar-refractivity contribution in [1.82, 2.24) is 9.55 Å². The summed E-state index contributed by atoms with van der Waals surface area (Å²) in [5.41, 5.74) is 9.29. The normalized spacial score (nSPS) is 11.0. The molecule has 0 bridgehead atoms. The van der Waals surface area contributed by atoms with Gasteiger partial charge in [0.15, 0.2) is 0 Å². The summed E-state index contributed by atoms with van der Waals surface area (Å²) in [6, 6.07) is 19.1. The average Bonchev–Trinajstić information content (AvgIpc) is 3.16. The quantitative estimate of drug-likeness (QED) is 0.429. The Morgan fingerprint density at radius 3 is 2.56 bits per heavy atom. The number of amides is 1. The number of benzene rings is 3. The Bertz CT molecular complexity index is 1290. The van der Waals surface area contributed by atoms with Gasteiger partial charge in [0.05, 0.1) is 22.8 Å². The third-order valence-electron chi connectivity index (χ3n) is 5.35. The van der Waals surface area contributed by atoms with Crippen LogP contribution in [0.15, 0.2) is 60.7 Å². The highest BCUT2D eigenvalue weighted by Gasteiger charge is 2.19. The van der Waals surface area contributed by atoms with Crippen LogP contribution in [0.1, 0.15) is 5.56 Å². The van der Waals surface area contributed by atoms with Gasteiger partial charge in [-0.05, 0) is 24.3 Å². The molecule has 32 heavy (non-hydrogen) atoms. The Balaban J connectivity index is 1.68. The second-order valence-electron chi connectivity index (χ2n) is 7.29. The molecule has 164 valence electrons. The van der Waals surface area contributed by atoms with Crippen molar-refractivity contribution in [3.05, 3.63) is 76.3 Å². The average molecular weight is 469 g/mol. The predicted molar refractivity (Wildman–Crippen MR) is 129 cm³/mol. The summed E-state index contributed by atoms with van der Waals surface area (Å²) in [4.78, 5) is 18.2. The number of carbonyl (C=O) groups is 1. The van der Waals surface area contributed by atoms with Gasteiger partial charge in [0.2, 0.25) is 5.91 Å². The third-order valence-corrected chi connectivity index (χ3v) is 6.13. The molecule has 4 rings (SSSR count). The molecule has 4 aromatic rings. The van der Waals surface area contributed by atoms with Crippen LogP contribution < -0.4 is 15.4 Å². The molecule has 0 fully saturated rings. The lowest BCUT2D eigenvalue weighted by atomic mass is 10.2. The molecule has 2 N–H and O–H groups in total. The smallest absolute Gasteiger partial charge is 0.240 e. The van der Waals surface area contributed by atoms with Gasteiger partial charge in [0, 0.05) is 30.2 Å². The standard InChI is InChI=1S/C24H22Cl2N4O2/c1-29(21(31)13-27)18-12-11-17(25)16(22(18)26)14-32-20-10-6-9-19-23(20)28-24(30(19)2)15-7-4-3-5-8-15/h3-12H,13-14,27H2,1-2H3. The minimum Gasteiger partial charge on any atom is -0.486 e. The number of hydrogen-bond donors (Lipinski definition) is 1. The Labute approximate surface area is 196 Å². The number of nitrogens with zero attached hydrogens (tertiary/aromatic N) is 3. The highest BCUT2D eigenvalue weighted by molar-refractivity contribution is 6.38. The van der Waals surface area contributed by atoms with Gasteiger partial charge in [0.25, 0.3) is 0 Å². The number of para-hydroxylation sites is 1. The second kappa shape index (κ2) is 9.20. The molecule has 0 aliphatic heterocycles. The lowest BCUT2D eigenvalue weighted by molar-refractivity contribution is -0.117. The van der Waals surface area contributed by atoms with E-state index in [0.717, 1.165) is 22.4 Å². The number of ether oxygens (including phenoxy) is 1. The molecule has 8 heteroatoms. The molecule has 1 amide bonds. The molecule has 1 heterocycles. The summed E-state index contributed by atoms with van der Waals surface area (Å²) in [6.45, 7) is -0.000763. The number of fused-ring (bicyclic) bond motifs is 1. The fraction of sp³-hybridized carbons (Fsp3) is 0.167. The molecule has 3 aromatic carbocycles. The maximum Gasteiger partial charge on any atom is 0.240 e. The Morgan fingerprint density at radius 2 is 1.84 bits per heavy atom. The van der Waals surface area contributed by atoms with Crippen LogP contribution in [-0.4, -0.2) is 29.1 Å². The number of aromatic nitrogens is 2. The van der Waals surface area contributed by atoms with Crippen LogP contribution in [-0.2, 0) is 18.4 Å². The summed E-state index contributed by atoms with van der Waals surface area (Å²) < 4.78 is 8.15. The lowest BCUT2D eigenvalue weighted by Gasteiger charge is -2.20. The largest absolute Gasteiger partial charge is 0.486 e. The van der Waals surface area contributed by atoms with Gasteiger partial charge in [-0.3, -0.25) is 4.79 Å². The first-order chi connectivity index (χ1) is 15.4. The molecule has 0 spiro atoms. The van der Waals surface area contributed by atoms with Gasteiger partial charge >= 0.3 is 0 Å². The van der Waals surface area contributed by atoms with Crippen molar-refractivity contribution in [3.63, 3.8) is 0 Å². The van der Waals surface area contributed by atoms with Crippen molar-refractivity contribution in [2.45, 2.75) is 6.61 Å². The van der Waals surface area contributed by atoms with E-state index in [-0.39, 0.29) is 19.1 Å². The zero-order chi connectivity index (χ0) is 22.8. The van der Waals surface area contributed by atoms with Gasteiger partial charge in [-0.2, -0.15) is 0 Å². The first kappa shape index (κ1) is 22.1. The molecule has 6 nitrogen and oxygen atoms in total. The van der Waals surface area contributed by atoms with Crippen LogP contribution in [0, 0.1) is 0 Å². The summed E-state index contributed by atoms with van der Waals surface area (Å²) in [5, 5.41) is 0.797. The SMILES string of the molecule is CN(C(=O)CN)c1ccc(Cl)c(COc2cccc3c2nc(-c2ccccc2)n3C)c1Cl. The Hall–Kier alpha value is -3.06. The van der Waals surface area contributed by atoms with Gasteiger partial charge in [0.1, 0.15) is 23.7 Å². The van der Waals surface area contributed by atoms with Gasteiger partial charge in [-0.25, -0.2) is 4.98 Å². The number of aryl methyl sites for hydroxylation is 1. The highest BCUT2D eigenvalue weighted by Crippen LogP contribution is 2.36. The molecule has 0 saturated carbocycles. The number of nitrogens with two attached hydrogens (primary N) is 1. The first-order valence-electron chi connectivity index (χ1n) is 9.99. The molecule has 0 unspecified atom stereocenters. The van der Waals surface area contributed by atoms with Gasteiger partial charge in [-0.15, -0.1) is 0 Å². The fourth-order valence-electron chi connectivity index (χ4n) is 3.55. The van der Waals surface area contributed by atoms with Crippen LogP contribution in [0.4, 0.5) is 5.69 Å². The maximum atomic E-state index is 12.0. The van der Waals surface area contributed by atoms with E-state index in [1.165, 1.54) is 4.90 Å². The number of halogens is 2. The second-order valence-corrected chi connectivity index (χ2v) is 8.07. The topological polar surface area (TPSA) is 73.4 Å². The number of hydrogen-bond acceptors (Lipinski definition) is 4. The van der Waals surface area contributed by atoms with E-state index >= 15 is 0 Å². The van der Waals surface area contributed by atoms with Crippen molar-refractivity contribution in [2.24, 2.45) is 12.8 Å². The van der Waals surface area contributed by atoms with Crippen molar-refractivity contribution in [1.29, 1.82) is 0 Å². The summed E-state index contributed by atoms with van der Waals surface area (Å²) in [6.07, 6.45) is 0. The van der Waals surface area contributed by atoms with E-state index in [4.69, 9.17) is 38.7 Å². The van der Waals surface area contributed by atoms with E-state index < -0.39 is 0 Å². The summed E-state index contributed by atoms with van der Waals surface area (Å²) >= 11 is 13.0. The van der Waals surface area contributed by atoms with E-state index in [0.29, 0.717) is 27.0 Å². The monoisotopic (exact) mass is 468 g/mol. The Kier molecular flexibility index (Phi) is 6.37. The molecule has 0 aliphatic rings. The van der Waals surface area contributed by atoms with Gasteiger partial charge < -0.3 is 19.9 Å². The number of carbonyl (C=O) groups excluding carboxylic acids is 1. The van der Waals surface area contributed by atoms with E-state index in [1.807, 2.05) is 60.1 Å². The van der Waals surface area contributed by atoms with E-state index in [1.54, 1.807) is 19.2 Å². The van der Waals surface area contributed by atoms with Crippen LogP contribution in [0.3, 0.4) is 0 Å². The Morgan fingerprint density at radius 1 is 1.09 bits per heavy atom. The third kappa shape index (κ3) is 4.05. The first-order valence-corrected chi connectivity index (χ1v) is 10.7. The van der Waals surface area contributed by atoms with Crippen LogP contribution in [0.2, 0.25) is 10.0 Å². The van der Waals surface area contributed by atoms with Crippen LogP contribution in [0.25, 0.3) is 22.4 Å². The molecular formula is C24H22Cl2N4O2. The minimum absolute atomic E-state index is 0.118. The van der Waals surface area contributed by atoms with Crippen molar-refractivity contribution < 1.29 is 9.53 Å². The van der Waals surface area contributed by atoms with Crippen LogP contribution in [0.5, 0.6) is 5.75 Å². The summed E-state index contributed by atoms with van der Waals surface area (Å²) in [7, 11) is 3.59. The van der Waals surface area contributed by atoms with E-state index in [9.17, 15) is 4.79 Å². The summed E-state index contributed by atoms with van der Waals surface area (Å²) in [5.74, 6) is 1.20. The fourth-order valence-corrected chi connectivity index (χ4v) is 4.16. The molecule has 0 radical (unpaired) electrons. The van der Waals surface area contributed by atoms with Crippen molar-refractivity contribution in [3.8, 4) is 17.1 Å². The molecular weight excluding hydrogens is 447 g/mol. The molecule has 0 saturated heterocycles. The van der Waals surface area contributed by atoms with Gasteiger partial charge in [-0.1, -0.05) is 59.6 Å². The molecule has 0 aliphatic carbocycles. The number of likely N-dealkylation sites (N-methyl/N-ethyl adjacent to an activating group) is 1. The lowest BCUT2D eigenvalue weighted by Crippen LogP contribution is -2.32. The maximum absolute atomic E-state index is 12.0. The predicted octanol–water partition coefficient (Wildman–Crippen LogP) is 5.05. The minimum atomic E-state index is -0.257. The zero-order valence-corrected chi connectivity index (χ0v) is 19.2. The number of anilines is 1. The van der Waals surface area contributed by atoms with Crippen molar-refractivity contribution >= 4 is 45.8 Å². The van der Waals surface area contributed by atoms with E-state index in [2.05, 4.69) is 0 Å². The van der Waals surface area contributed by atoms with Crippen LogP contribution >= 0.6 is 23.2 Å². The highest BCUT2D eigenvalue weighted by atomic mass is 35.5. The molecule has 0 atom stereocenters. The van der Waals surface area contributed by atoms with Crippen molar-refractivity contribution in [2.75, 3.05) is 18.5 Å². The number of rotatable bonds is 6. The molecule has 1 aromatic heterocycles. The number of imidazole rings is 1. The zero-order valence-electron chi connectivity index (χ0n) is 17.7.